The van der Waals surface area contributed by atoms with Crippen molar-refractivity contribution in [1.82, 2.24) is 5.32 Å². The normalized spacial score (nSPS) is 11.5. The van der Waals surface area contributed by atoms with Crippen LogP contribution in [0, 0.1) is 0 Å². The monoisotopic (exact) mass is 420 g/mol. The number of ketones is 1. The van der Waals surface area contributed by atoms with E-state index in [1.54, 1.807) is 36.4 Å². The first-order chi connectivity index (χ1) is 13.3. The summed E-state index contributed by atoms with van der Waals surface area (Å²) in [5.74, 6) is -1.59. The van der Waals surface area contributed by atoms with E-state index >= 15 is 0 Å². The molecule has 0 aliphatic rings. The first-order valence-electron chi connectivity index (χ1n) is 8.36. The summed E-state index contributed by atoms with van der Waals surface area (Å²) in [4.78, 5) is 48.8. The molecular weight excluding hydrogens is 400 g/mol. The van der Waals surface area contributed by atoms with Crippen LogP contribution in [0.5, 0.6) is 0 Å². The van der Waals surface area contributed by atoms with Crippen LogP contribution in [0.2, 0.25) is 0 Å². The molecule has 0 aliphatic heterocycles. The number of benzene rings is 1. The summed E-state index contributed by atoms with van der Waals surface area (Å²) >= 11 is 2.37. The topological polar surface area (TPSA) is 116 Å². The molecule has 0 spiro atoms. The highest BCUT2D eigenvalue weighted by Gasteiger charge is 2.23. The SMILES string of the molecule is CC(=O)NCc1ccc(C(=O)C(C)OC(=O)c2ccccc2SCC(N)=O)s1. The number of ether oxygens (including phenoxy) is 1. The highest BCUT2D eigenvalue weighted by molar-refractivity contribution is 8.00. The molecule has 148 valence electrons. The Hall–Kier alpha value is -2.65. The summed E-state index contributed by atoms with van der Waals surface area (Å²) < 4.78 is 5.33. The van der Waals surface area contributed by atoms with Gasteiger partial charge < -0.3 is 15.8 Å². The molecule has 0 radical (unpaired) electrons. The lowest BCUT2D eigenvalue weighted by atomic mass is 10.2. The number of rotatable bonds is 9. The van der Waals surface area contributed by atoms with Gasteiger partial charge in [-0.1, -0.05) is 12.1 Å². The van der Waals surface area contributed by atoms with Gasteiger partial charge in [-0.25, -0.2) is 4.79 Å². The third-order valence-corrected chi connectivity index (χ3v) is 5.74. The second-order valence-electron chi connectivity index (χ2n) is 5.84. The minimum atomic E-state index is -0.978. The van der Waals surface area contributed by atoms with Crippen LogP contribution in [-0.4, -0.2) is 35.4 Å². The molecule has 0 fully saturated rings. The Kier molecular flexibility index (Phi) is 7.77. The molecule has 0 saturated carbocycles. The molecule has 9 heteroatoms. The van der Waals surface area contributed by atoms with Gasteiger partial charge in [-0.05, 0) is 31.2 Å². The number of hydrogen-bond donors (Lipinski definition) is 2. The predicted molar refractivity (Wildman–Crippen MR) is 107 cm³/mol. The van der Waals surface area contributed by atoms with E-state index in [1.165, 1.54) is 25.2 Å². The number of Topliss-reactive ketones (excluding diaryl/α,β-unsaturated/α-hetero) is 1. The molecule has 1 heterocycles. The summed E-state index contributed by atoms with van der Waals surface area (Å²) in [6.45, 7) is 3.26. The zero-order chi connectivity index (χ0) is 20.7. The quantitative estimate of drug-likeness (QED) is 0.366. The van der Waals surface area contributed by atoms with Gasteiger partial charge in [0, 0.05) is 16.7 Å². The fourth-order valence-corrected chi connectivity index (χ4v) is 3.95. The molecule has 7 nitrogen and oxygen atoms in total. The Morgan fingerprint density at radius 1 is 1.18 bits per heavy atom. The smallest absolute Gasteiger partial charge is 0.339 e. The number of hydrogen-bond acceptors (Lipinski definition) is 7. The number of amides is 2. The van der Waals surface area contributed by atoms with Crippen LogP contribution in [0.15, 0.2) is 41.3 Å². The summed E-state index contributed by atoms with van der Waals surface area (Å²) in [5.41, 5.74) is 5.42. The van der Waals surface area contributed by atoms with Crippen LogP contribution < -0.4 is 11.1 Å². The molecule has 2 amide bonds. The molecule has 0 bridgehead atoms. The fourth-order valence-electron chi connectivity index (χ4n) is 2.20. The molecule has 1 aromatic carbocycles. The first-order valence-corrected chi connectivity index (χ1v) is 10.2. The highest BCUT2D eigenvalue weighted by atomic mass is 32.2. The standard InChI is InChI=1S/C19H20N2O5S2/c1-11(18(24)16-8-7-13(28-16)9-21-12(2)22)26-19(25)14-5-3-4-6-15(14)27-10-17(20)23/h3-8,11H,9-10H2,1-2H3,(H2,20,23)(H,21,22). The van der Waals surface area contributed by atoms with Gasteiger partial charge in [0.05, 0.1) is 22.7 Å². The van der Waals surface area contributed by atoms with Crippen molar-refractivity contribution in [1.29, 1.82) is 0 Å². The van der Waals surface area contributed by atoms with Gasteiger partial charge in [-0.15, -0.1) is 23.1 Å². The van der Waals surface area contributed by atoms with E-state index < -0.39 is 18.0 Å². The number of nitrogens with one attached hydrogen (secondary N) is 1. The lowest BCUT2D eigenvalue weighted by molar-refractivity contribution is -0.119. The summed E-state index contributed by atoms with van der Waals surface area (Å²) in [6, 6.07) is 10.1. The van der Waals surface area contributed by atoms with Crippen LogP contribution in [0.3, 0.4) is 0 Å². The minimum Gasteiger partial charge on any atom is -0.451 e. The van der Waals surface area contributed by atoms with Crippen molar-refractivity contribution >= 4 is 46.7 Å². The van der Waals surface area contributed by atoms with Gasteiger partial charge in [0.1, 0.15) is 0 Å². The number of nitrogens with two attached hydrogens (primary N) is 1. The van der Waals surface area contributed by atoms with E-state index in [-0.39, 0.29) is 23.0 Å². The van der Waals surface area contributed by atoms with Crippen molar-refractivity contribution < 1.29 is 23.9 Å². The maximum atomic E-state index is 12.5. The number of primary amides is 1. The first kappa shape index (κ1) is 21.6. The van der Waals surface area contributed by atoms with Crippen molar-refractivity contribution in [2.75, 3.05) is 5.75 Å². The van der Waals surface area contributed by atoms with Crippen LogP contribution in [0.25, 0.3) is 0 Å². The molecule has 1 atom stereocenters. The molecule has 0 saturated heterocycles. The van der Waals surface area contributed by atoms with Crippen molar-refractivity contribution in [3.63, 3.8) is 0 Å². The zero-order valence-electron chi connectivity index (χ0n) is 15.4. The zero-order valence-corrected chi connectivity index (χ0v) is 17.0. The Bertz CT molecular complexity index is 894. The van der Waals surface area contributed by atoms with Gasteiger partial charge >= 0.3 is 5.97 Å². The maximum Gasteiger partial charge on any atom is 0.339 e. The van der Waals surface area contributed by atoms with Crippen molar-refractivity contribution in [2.45, 2.75) is 31.4 Å². The van der Waals surface area contributed by atoms with E-state index in [9.17, 15) is 19.2 Å². The van der Waals surface area contributed by atoms with Gasteiger partial charge in [-0.2, -0.15) is 0 Å². The molecule has 3 N–H and O–H groups in total. The maximum absolute atomic E-state index is 12.5. The van der Waals surface area contributed by atoms with Gasteiger partial charge in [0.15, 0.2) is 6.10 Å². The summed E-state index contributed by atoms with van der Waals surface area (Å²) in [6.07, 6.45) is -0.978. The van der Waals surface area contributed by atoms with Crippen LogP contribution in [0.4, 0.5) is 0 Å². The van der Waals surface area contributed by atoms with Crippen LogP contribution in [-0.2, 0) is 20.9 Å². The van der Waals surface area contributed by atoms with E-state index in [1.807, 2.05) is 0 Å². The van der Waals surface area contributed by atoms with E-state index in [0.717, 1.165) is 16.6 Å². The average Bonchev–Trinajstić information content (AvgIpc) is 3.13. The lowest BCUT2D eigenvalue weighted by Gasteiger charge is -2.13. The number of thiophene rings is 1. The fraction of sp³-hybridized carbons (Fsp3) is 0.263. The Balaban J connectivity index is 2.03. The number of esters is 1. The molecule has 2 aromatic rings. The molecule has 1 aromatic heterocycles. The van der Waals surface area contributed by atoms with Gasteiger partial charge in [0.2, 0.25) is 17.6 Å². The second kappa shape index (κ2) is 10.0. The number of carbonyl (C=O) groups is 4. The summed E-state index contributed by atoms with van der Waals surface area (Å²) in [5, 5.41) is 2.66. The van der Waals surface area contributed by atoms with Gasteiger partial charge in [0.25, 0.3) is 0 Å². The Labute approximate surface area is 170 Å². The largest absolute Gasteiger partial charge is 0.451 e. The van der Waals surface area contributed by atoms with E-state index in [2.05, 4.69) is 5.32 Å². The Morgan fingerprint density at radius 3 is 2.57 bits per heavy atom. The van der Waals surface area contributed by atoms with E-state index in [0.29, 0.717) is 16.3 Å². The minimum absolute atomic E-state index is 0.0328. The molecule has 1 unspecified atom stereocenters. The van der Waals surface area contributed by atoms with Crippen molar-refractivity contribution in [3.05, 3.63) is 51.7 Å². The van der Waals surface area contributed by atoms with Crippen molar-refractivity contribution in [2.24, 2.45) is 5.73 Å². The van der Waals surface area contributed by atoms with Crippen molar-refractivity contribution in [3.8, 4) is 0 Å². The Morgan fingerprint density at radius 2 is 1.89 bits per heavy atom. The number of carbonyl (C=O) groups excluding carboxylic acids is 4. The predicted octanol–water partition coefficient (Wildman–Crippen LogP) is 2.39. The van der Waals surface area contributed by atoms with Crippen LogP contribution >= 0.6 is 23.1 Å². The number of thioether (sulfide) groups is 1. The molecular formula is C19H20N2O5S2. The average molecular weight is 421 g/mol. The molecule has 28 heavy (non-hydrogen) atoms. The lowest BCUT2D eigenvalue weighted by Crippen LogP contribution is -2.24. The van der Waals surface area contributed by atoms with E-state index in [4.69, 9.17) is 10.5 Å². The van der Waals surface area contributed by atoms with Crippen LogP contribution in [0.1, 0.15) is 38.8 Å². The van der Waals surface area contributed by atoms with Gasteiger partial charge in [-0.3, -0.25) is 14.4 Å². The third kappa shape index (κ3) is 6.21. The third-order valence-electron chi connectivity index (χ3n) is 3.55. The molecule has 2 rings (SSSR count). The summed E-state index contributed by atoms with van der Waals surface area (Å²) in [7, 11) is 0. The molecule has 0 aliphatic carbocycles. The highest BCUT2D eigenvalue weighted by Crippen LogP contribution is 2.24. The second-order valence-corrected chi connectivity index (χ2v) is 8.02.